The first-order valence-electron chi connectivity index (χ1n) is 8.21. The number of ether oxygens (including phenoxy) is 3. The topological polar surface area (TPSA) is 69.7 Å². The number of fused-ring (bicyclic) bond motifs is 1. The third-order valence-electron chi connectivity index (χ3n) is 3.70. The van der Waals surface area contributed by atoms with Crippen molar-refractivity contribution in [2.24, 2.45) is 0 Å². The van der Waals surface area contributed by atoms with Crippen molar-refractivity contribution in [3.8, 4) is 17.2 Å². The molecule has 1 aromatic heterocycles. The van der Waals surface area contributed by atoms with Gasteiger partial charge in [0.15, 0.2) is 5.13 Å². The van der Waals surface area contributed by atoms with Crippen LogP contribution in [0.25, 0.3) is 10.2 Å². The molecule has 0 aliphatic rings. The number of nitrogens with one attached hydrogen (secondary N) is 1. The highest BCUT2D eigenvalue weighted by Gasteiger charge is 2.14. The van der Waals surface area contributed by atoms with Gasteiger partial charge >= 0.3 is 0 Å². The molecule has 1 heterocycles. The van der Waals surface area contributed by atoms with Gasteiger partial charge in [-0.15, -0.1) is 0 Å². The zero-order valence-corrected chi connectivity index (χ0v) is 15.7. The second-order valence-electron chi connectivity index (χ2n) is 5.52. The van der Waals surface area contributed by atoms with Crippen LogP contribution in [0.3, 0.4) is 0 Å². The molecule has 3 rings (SSSR count). The zero-order valence-electron chi connectivity index (χ0n) is 14.9. The minimum Gasteiger partial charge on any atom is -0.497 e. The Bertz CT molecular complexity index is 906. The van der Waals surface area contributed by atoms with E-state index < -0.39 is 0 Å². The number of carbonyl (C=O) groups is 1. The highest BCUT2D eigenvalue weighted by Crippen LogP contribution is 2.36. The second-order valence-corrected chi connectivity index (χ2v) is 6.55. The van der Waals surface area contributed by atoms with Crippen LogP contribution in [0, 0.1) is 0 Å². The molecular formula is C19H20N2O4S. The molecule has 0 fully saturated rings. The van der Waals surface area contributed by atoms with E-state index in [0.29, 0.717) is 34.3 Å². The van der Waals surface area contributed by atoms with Gasteiger partial charge in [0.25, 0.3) is 5.91 Å². The van der Waals surface area contributed by atoms with Crippen LogP contribution in [0.5, 0.6) is 17.2 Å². The van der Waals surface area contributed by atoms with Crippen molar-refractivity contribution >= 4 is 32.6 Å². The third-order valence-corrected chi connectivity index (χ3v) is 4.62. The summed E-state index contributed by atoms with van der Waals surface area (Å²) in [5, 5.41) is 3.33. The van der Waals surface area contributed by atoms with Crippen LogP contribution in [0.4, 0.5) is 5.13 Å². The van der Waals surface area contributed by atoms with Crippen LogP contribution in [0.15, 0.2) is 36.4 Å². The zero-order chi connectivity index (χ0) is 18.5. The smallest absolute Gasteiger partial charge is 0.257 e. The number of methoxy groups -OCH3 is 2. The predicted molar refractivity (Wildman–Crippen MR) is 103 cm³/mol. The van der Waals surface area contributed by atoms with Crippen LogP contribution in [0.1, 0.15) is 23.7 Å². The second kappa shape index (κ2) is 8.05. The normalized spacial score (nSPS) is 10.6. The minimum atomic E-state index is -0.225. The summed E-state index contributed by atoms with van der Waals surface area (Å²) in [5.41, 5.74) is 1.23. The van der Waals surface area contributed by atoms with Gasteiger partial charge < -0.3 is 14.2 Å². The molecule has 0 saturated heterocycles. The van der Waals surface area contributed by atoms with Gasteiger partial charge in [0.1, 0.15) is 22.8 Å². The summed E-state index contributed by atoms with van der Waals surface area (Å²) >= 11 is 1.37. The largest absolute Gasteiger partial charge is 0.497 e. The van der Waals surface area contributed by atoms with E-state index in [1.54, 1.807) is 44.6 Å². The highest BCUT2D eigenvalue weighted by atomic mass is 32.1. The summed E-state index contributed by atoms with van der Waals surface area (Å²) in [4.78, 5) is 16.9. The molecule has 0 bridgehead atoms. The Kier molecular flexibility index (Phi) is 5.58. The number of hydrogen-bond acceptors (Lipinski definition) is 6. The van der Waals surface area contributed by atoms with Gasteiger partial charge in [-0.1, -0.05) is 18.3 Å². The van der Waals surface area contributed by atoms with Gasteiger partial charge in [-0.3, -0.25) is 10.1 Å². The first kappa shape index (κ1) is 18.0. The van der Waals surface area contributed by atoms with E-state index in [2.05, 4.69) is 10.3 Å². The van der Waals surface area contributed by atoms with Crippen molar-refractivity contribution in [3.05, 3.63) is 42.0 Å². The molecule has 0 unspecified atom stereocenters. The molecule has 0 atom stereocenters. The standard InChI is InChI=1S/C19H20N2O4S/c1-4-9-25-13-7-5-12(6-8-13)18(22)21-19-20-17-15(24-3)10-14(23-2)11-16(17)26-19/h5-8,10-11H,4,9H2,1-3H3,(H,20,21,22). The molecule has 3 aromatic rings. The van der Waals surface area contributed by atoms with Crippen molar-refractivity contribution in [1.82, 2.24) is 4.98 Å². The first-order chi connectivity index (χ1) is 12.6. The molecule has 26 heavy (non-hydrogen) atoms. The number of anilines is 1. The van der Waals surface area contributed by atoms with Crippen LogP contribution in [-0.4, -0.2) is 31.7 Å². The molecule has 0 spiro atoms. The van der Waals surface area contributed by atoms with Crippen molar-refractivity contribution in [1.29, 1.82) is 0 Å². The lowest BCUT2D eigenvalue weighted by Crippen LogP contribution is -2.11. The quantitative estimate of drug-likeness (QED) is 0.667. The van der Waals surface area contributed by atoms with Gasteiger partial charge in [0.05, 0.1) is 25.5 Å². The van der Waals surface area contributed by atoms with Gasteiger partial charge in [0.2, 0.25) is 0 Å². The Morgan fingerprint density at radius 3 is 2.54 bits per heavy atom. The molecule has 6 nitrogen and oxygen atoms in total. The molecule has 7 heteroatoms. The third kappa shape index (κ3) is 3.88. The number of benzene rings is 2. The predicted octanol–water partition coefficient (Wildman–Crippen LogP) is 4.35. The Balaban J connectivity index is 1.78. The van der Waals surface area contributed by atoms with Gasteiger partial charge in [-0.05, 0) is 36.8 Å². The number of hydrogen-bond donors (Lipinski definition) is 1. The van der Waals surface area contributed by atoms with Gasteiger partial charge in [-0.25, -0.2) is 4.98 Å². The number of aromatic nitrogens is 1. The average molecular weight is 372 g/mol. The Morgan fingerprint density at radius 1 is 1.12 bits per heavy atom. The van der Waals surface area contributed by atoms with Crippen LogP contribution < -0.4 is 19.5 Å². The van der Waals surface area contributed by atoms with Crippen molar-refractivity contribution in [3.63, 3.8) is 0 Å². The molecule has 0 aliphatic carbocycles. The fourth-order valence-corrected chi connectivity index (χ4v) is 3.30. The van der Waals surface area contributed by atoms with Crippen LogP contribution >= 0.6 is 11.3 Å². The number of amides is 1. The molecule has 1 amide bonds. The molecule has 0 radical (unpaired) electrons. The lowest BCUT2D eigenvalue weighted by Gasteiger charge is -2.05. The minimum absolute atomic E-state index is 0.225. The SMILES string of the molecule is CCCOc1ccc(C(=O)Nc2nc3c(OC)cc(OC)cc3s2)cc1. The Hall–Kier alpha value is -2.80. The summed E-state index contributed by atoms with van der Waals surface area (Å²) in [6.45, 7) is 2.70. The van der Waals surface area contributed by atoms with Gasteiger partial charge in [0, 0.05) is 11.6 Å². The fraction of sp³-hybridized carbons (Fsp3) is 0.263. The summed E-state index contributed by atoms with van der Waals surface area (Å²) in [7, 11) is 3.17. The van der Waals surface area contributed by atoms with E-state index in [1.807, 2.05) is 13.0 Å². The maximum atomic E-state index is 12.5. The van der Waals surface area contributed by atoms with Crippen molar-refractivity contribution in [2.75, 3.05) is 26.1 Å². The lowest BCUT2D eigenvalue weighted by atomic mass is 10.2. The molecular weight excluding hydrogens is 352 g/mol. The van der Waals surface area contributed by atoms with Crippen LogP contribution in [-0.2, 0) is 0 Å². The van der Waals surface area contributed by atoms with E-state index in [1.165, 1.54) is 11.3 Å². The Labute approximate surface area is 155 Å². The molecule has 0 aliphatic heterocycles. The average Bonchev–Trinajstić information content (AvgIpc) is 3.08. The summed E-state index contributed by atoms with van der Waals surface area (Å²) in [5.74, 6) is 1.81. The lowest BCUT2D eigenvalue weighted by molar-refractivity contribution is 0.102. The molecule has 2 aromatic carbocycles. The maximum Gasteiger partial charge on any atom is 0.257 e. The van der Waals surface area contributed by atoms with Crippen molar-refractivity contribution < 1.29 is 19.0 Å². The van der Waals surface area contributed by atoms with E-state index in [4.69, 9.17) is 14.2 Å². The summed E-state index contributed by atoms with van der Waals surface area (Å²) in [6, 6.07) is 10.7. The maximum absolute atomic E-state index is 12.5. The molecule has 136 valence electrons. The van der Waals surface area contributed by atoms with E-state index in [-0.39, 0.29) is 5.91 Å². The number of rotatable bonds is 7. The number of nitrogens with zero attached hydrogens (tertiary/aromatic N) is 1. The van der Waals surface area contributed by atoms with E-state index in [0.717, 1.165) is 16.9 Å². The Morgan fingerprint density at radius 2 is 1.88 bits per heavy atom. The fourth-order valence-electron chi connectivity index (χ4n) is 2.39. The number of carbonyl (C=O) groups excluding carboxylic acids is 1. The first-order valence-corrected chi connectivity index (χ1v) is 9.03. The van der Waals surface area contributed by atoms with Gasteiger partial charge in [-0.2, -0.15) is 0 Å². The summed E-state index contributed by atoms with van der Waals surface area (Å²) < 4.78 is 17.0. The van der Waals surface area contributed by atoms with E-state index >= 15 is 0 Å². The highest BCUT2D eigenvalue weighted by molar-refractivity contribution is 7.22. The monoisotopic (exact) mass is 372 g/mol. The molecule has 0 saturated carbocycles. The number of thiazole rings is 1. The van der Waals surface area contributed by atoms with E-state index in [9.17, 15) is 4.79 Å². The van der Waals surface area contributed by atoms with Crippen LogP contribution in [0.2, 0.25) is 0 Å². The van der Waals surface area contributed by atoms with Crippen molar-refractivity contribution in [2.45, 2.75) is 13.3 Å². The molecule has 1 N–H and O–H groups in total. The summed E-state index contributed by atoms with van der Waals surface area (Å²) in [6.07, 6.45) is 0.939.